The second-order valence-electron chi connectivity index (χ2n) is 9.03. The van der Waals surface area contributed by atoms with Gasteiger partial charge >= 0.3 is 10.2 Å². The van der Waals surface area contributed by atoms with Crippen molar-refractivity contribution in [3.8, 4) is 11.8 Å². The topological polar surface area (TPSA) is 83.8 Å². The normalized spacial score (nSPS) is 14.4. The van der Waals surface area contributed by atoms with Crippen molar-refractivity contribution in [1.29, 1.82) is 5.26 Å². The van der Waals surface area contributed by atoms with Crippen molar-refractivity contribution in [2.24, 2.45) is 0 Å². The lowest BCUT2D eigenvalue weighted by atomic mass is 10.0. The molecule has 0 saturated heterocycles. The second kappa shape index (κ2) is 8.82. The Morgan fingerprint density at radius 3 is 2.24 bits per heavy atom. The molecule has 4 rings (SSSR count). The van der Waals surface area contributed by atoms with E-state index in [1.807, 2.05) is 48.9 Å². The van der Waals surface area contributed by atoms with Crippen molar-refractivity contribution >= 4 is 10.2 Å². The van der Waals surface area contributed by atoms with Crippen molar-refractivity contribution in [1.82, 2.24) is 14.1 Å². The number of aliphatic hydroxyl groups is 1. The minimum Gasteiger partial charge on any atom is -0.394 e. The molecule has 0 aliphatic heterocycles. The van der Waals surface area contributed by atoms with Crippen LogP contribution in [-0.2, 0) is 6.42 Å². The highest BCUT2D eigenvalue weighted by molar-refractivity contribution is 8.45. The largest absolute Gasteiger partial charge is 0.394 e. The number of hydrogen-bond donors (Lipinski definition) is 1. The minimum absolute atomic E-state index is 0.00272. The Hall–Kier alpha value is -3.95. The Morgan fingerprint density at radius 2 is 1.71 bits per heavy atom. The van der Waals surface area contributed by atoms with Gasteiger partial charge < -0.3 is 14.2 Å². The van der Waals surface area contributed by atoms with Crippen LogP contribution >= 0.6 is 10.2 Å². The number of rotatable bonds is 7. The van der Waals surface area contributed by atoms with Crippen LogP contribution in [0.2, 0.25) is 0 Å². The summed E-state index contributed by atoms with van der Waals surface area (Å²) in [6, 6.07) is 9.77. The number of aromatic nitrogens is 3. The molecule has 0 saturated carbocycles. The third-order valence-electron chi connectivity index (χ3n) is 6.11. The molecule has 0 unspecified atom stereocenters. The summed E-state index contributed by atoms with van der Waals surface area (Å²) in [5.74, 6) is 0. The molecule has 0 aliphatic rings. The molecule has 0 fully saturated rings. The summed E-state index contributed by atoms with van der Waals surface area (Å²) in [6.07, 6.45) is 4.88. The number of nitrogens with zero attached hydrogens (tertiary/aromatic N) is 4. The van der Waals surface area contributed by atoms with Gasteiger partial charge in [-0.25, -0.2) is 4.98 Å². The maximum Gasteiger partial charge on any atom is 0.310 e. The molecule has 0 amide bonds. The first-order valence-electron chi connectivity index (χ1n) is 11.3. The zero-order valence-electron chi connectivity index (χ0n) is 20.3. The molecule has 0 aliphatic carbocycles. The summed E-state index contributed by atoms with van der Waals surface area (Å²) in [5, 5.41) is 19.5. The Kier molecular flexibility index (Phi) is 6.29. The van der Waals surface area contributed by atoms with E-state index in [9.17, 15) is 34.6 Å². The first-order chi connectivity index (χ1) is 17.6. The van der Waals surface area contributed by atoms with Crippen LogP contribution in [0, 0.1) is 25.2 Å². The van der Waals surface area contributed by atoms with Crippen molar-refractivity contribution in [3.05, 3.63) is 111 Å². The maximum atomic E-state index is 13.4. The molecule has 0 spiro atoms. The summed E-state index contributed by atoms with van der Waals surface area (Å²) in [7, 11) is -9.88. The third-order valence-corrected chi connectivity index (χ3v) is 7.27. The molecule has 38 heavy (non-hydrogen) atoms. The van der Waals surface area contributed by atoms with E-state index in [2.05, 4.69) is 4.98 Å². The van der Waals surface area contributed by atoms with Crippen molar-refractivity contribution in [3.63, 3.8) is 0 Å². The van der Waals surface area contributed by atoms with E-state index in [0.717, 1.165) is 39.2 Å². The van der Waals surface area contributed by atoms with Gasteiger partial charge in [-0.2, -0.15) is 5.26 Å². The molecule has 12 heteroatoms. The fraction of sp³-hybridized carbons (Fsp3) is 0.192. The van der Waals surface area contributed by atoms with Gasteiger partial charge in [-0.15, -0.1) is 0 Å². The first-order valence-corrected chi connectivity index (χ1v) is 13.3. The number of aliphatic hydroxyl groups excluding tert-OH is 1. The quantitative estimate of drug-likeness (QED) is 0.272. The van der Waals surface area contributed by atoms with Gasteiger partial charge in [0, 0.05) is 30.1 Å². The third kappa shape index (κ3) is 5.64. The lowest BCUT2D eigenvalue weighted by Crippen LogP contribution is -2.30. The Bertz CT molecular complexity index is 1620. The Balaban J connectivity index is 1.71. The van der Waals surface area contributed by atoms with Crippen LogP contribution in [0.15, 0.2) is 76.9 Å². The van der Waals surface area contributed by atoms with Crippen molar-refractivity contribution in [2.75, 3.05) is 6.61 Å². The monoisotopic (exact) mass is 550 g/mol. The lowest BCUT2D eigenvalue weighted by Gasteiger charge is -2.40. The van der Waals surface area contributed by atoms with E-state index in [-0.39, 0.29) is 35.2 Å². The number of aryl methyl sites for hydroxylation is 2. The highest BCUT2D eigenvalue weighted by Crippen LogP contribution is 3.02. The molecular formula is C26H23F5N4O2S. The SMILES string of the molecule is Cc1cn(-c2ccc(Cc3cc(C#N)cn([C@@H](CO)c4ccc(S(F)(F)(F)(F)F)cc4)c3=O)cc2C)cn1. The highest BCUT2D eigenvalue weighted by Gasteiger charge is 2.65. The van der Waals surface area contributed by atoms with Gasteiger partial charge in [-0.1, -0.05) is 43.7 Å². The molecule has 2 aromatic heterocycles. The van der Waals surface area contributed by atoms with Crippen LogP contribution in [0.5, 0.6) is 0 Å². The number of hydrogen-bond acceptors (Lipinski definition) is 4. The fourth-order valence-electron chi connectivity index (χ4n) is 4.27. The molecule has 6 nitrogen and oxygen atoms in total. The first kappa shape index (κ1) is 27.1. The average Bonchev–Trinajstić information content (AvgIpc) is 3.26. The van der Waals surface area contributed by atoms with Gasteiger partial charge in [0.2, 0.25) is 0 Å². The predicted molar refractivity (Wildman–Crippen MR) is 134 cm³/mol. The van der Waals surface area contributed by atoms with Gasteiger partial charge in [-0.05, 0) is 54.8 Å². The van der Waals surface area contributed by atoms with E-state index in [4.69, 9.17) is 0 Å². The molecule has 4 aromatic rings. The van der Waals surface area contributed by atoms with E-state index in [1.165, 1.54) is 12.3 Å². The van der Waals surface area contributed by atoms with Crippen LogP contribution in [0.1, 0.15) is 39.6 Å². The molecule has 0 bridgehead atoms. The molecule has 0 radical (unpaired) electrons. The van der Waals surface area contributed by atoms with Gasteiger partial charge in [0.05, 0.1) is 30.2 Å². The lowest BCUT2D eigenvalue weighted by molar-refractivity contribution is 0.246. The van der Waals surface area contributed by atoms with Crippen LogP contribution in [0.3, 0.4) is 0 Å². The molecule has 2 aromatic carbocycles. The van der Waals surface area contributed by atoms with E-state index >= 15 is 0 Å². The van der Waals surface area contributed by atoms with Crippen molar-refractivity contribution < 1.29 is 24.5 Å². The van der Waals surface area contributed by atoms with Crippen LogP contribution in [0.25, 0.3) is 5.69 Å². The number of halogens is 5. The van der Waals surface area contributed by atoms with Gasteiger partial charge in [0.1, 0.15) is 11.0 Å². The van der Waals surface area contributed by atoms with Crippen LogP contribution in [0.4, 0.5) is 19.4 Å². The van der Waals surface area contributed by atoms with Crippen molar-refractivity contribution in [2.45, 2.75) is 31.2 Å². The van der Waals surface area contributed by atoms with Gasteiger partial charge in [-0.3, -0.25) is 4.79 Å². The number of nitriles is 1. The van der Waals surface area contributed by atoms with E-state index < -0.39 is 33.3 Å². The Morgan fingerprint density at radius 1 is 1.03 bits per heavy atom. The second-order valence-corrected chi connectivity index (χ2v) is 11.4. The number of benzene rings is 2. The van der Waals surface area contributed by atoms with Crippen LogP contribution in [-0.4, -0.2) is 25.8 Å². The minimum atomic E-state index is -9.88. The van der Waals surface area contributed by atoms with Gasteiger partial charge in [0.25, 0.3) is 5.56 Å². The number of pyridine rings is 1. The van der Waals surface area contributed by atoms with E-state index in [0.29, 0.717) is 0 Å². The molecular weight excluding hydrogens is 527 g/mol. The summed E-state index contributed by atoms with van der Waals surface area (Å²) in [6.45, 7) is 3.05. The zero-order chi connectivity index (χ0) is 27.9. The molecule has 1 N–H and O–H groups in total. The van der Waals surface area contributed by atoms with Gasteiger partial charge in [0.15, 0.2) is 0 Å². The van der Waals surface area contributed by atoms with Crippen LogP contribution < -0.4 is 5.56 Å². The Labute approximate surface area is 215 Å². The average molecular weight is 551 g/mol. The standard InChI is InChI=1S/C26H23F5N4O2S/c1-17-9-19(3-8-24(17)34-13-18(2)33-16-34)10-22-11-20(12-32)14-35(26(22)37)25(15-36)21-4-6-23(7-5-21)38(27,28,29,30)31/h3-9,11,13-14,16,25,36H,10,15H2,1-2H3/t25-/m0/s1. The smallest absolute Gasteiger partial charge is 0.310 e. The summed E-state index contributed by atoms with van der Waals surface area (Å²) in [4.78, 5) is 15.5. The number of imidazole rings is 1. The summed E-state index contributed by atoms with van der Waals surface area (Å²) < 4.78 is 68.5. The maximum absolute atomic E-state index is 13.4. The zero-order valence-corrected chi connectivity index (χ0v) is 21.1. The summed E-state index contributed by atoms with van der Waals surface area (Å²) in [5.41, 5.74) is 3.15. The summed E-state index contributed by atoms with van der Waals surface area (Å²) >= 11 is 0. The molecule has 2 heterocycles. The highest BCUT2D eigenvalue weighted by atomic mass is 32.5. The molecule has 200 valence electrons. The predicted octanol–water partition coefficient (Wildman–Crippen LogP) is 6.35. The molecule has 1 atom stereocenters. The van der Waals surface area contributed by atoms with E-state index in [1.54, 1.807) is 6.33 Å². The fourth-order valence-corrected chi connectivity index (χ4v) is 4.92.